The van der Waals surface area contributed by atoms with Gasteiger partial charge in [-0.25, -0.2) is 0 Å². The molecule has 2 rings (SSSR count). The first-order valence-electron chi connectivity index (χ1n) is 6.34. The van der Waals surface area contributed by atoms with Gasteiger partial charge >= 0.3 is 5.97 Å². The molecule has 1 fully saturated rings. The third-order valence-corrected chi connectivity index (χ3v) is 3.40. The third kappa shape index (κ3) is 3.01. The van der Waals surface area contributed by atoms with Crippen molar-refractivity contribution in [3.63, 3.8) is 0 Å². The summed E-state index contributed by atoms with van der Waals surface area (Å²) in [6, 6.07) is 8.55. The van der Waals surface area contributed by atoms with Gasteiger partial charge in [0.15, 0.2) is 0 Å². The number of rotatable bonds is 2. The van der Waals surface area contributed by atoms with Crippen molar-refractivity contribution >= 4 is 11.7 Å². The molecule has 1 saturated heterocycles. The van der Waals surface area contributed by atoms with Gasteiger partial charge in [-0.05, 0) is 26.0 Å². The Labute approximate surface area is 108 Å². The van der Waals surface area contributed by atoms with Gasteiger partial charge in [0.05, 0.1) is 5.92 Å². The first kappa shape index (κ1) is 12.9. The Bertz CT molecular complexity index is 416. The normalized spacial score (nSPS) is 24.7. The number of carboxylic acid groups (broad SMARTS) is 1. The molecule has 0 bridgehead atoms. The molecular weight excluding hydrogens is 228 g/mol. The van der Waals surface area contributed by atoms with Crippen LogP contribution in [0.3, 0.4) is 0 Å². The summed E-state index contributed by atoms with van der Waals surface area (Å²) in [7, 11) is 0. The van der Waals surface area contributed by atoms with Crippen molar-refractivity contribution < 1.29 is 9.90 Å². The number of hydrogen-bond donors (Lipinski definition) is 2. The highest BCUT2D eigenvalue weighted by atomic mass is 16.4. The van der Waals surface area contributed by atoms with Crippen molar-refractivity contribution in [3.8, 4) is 0 Å². The number of aliphatic carboxylic acids is 1. The molecule has 4 heteroatoms. The van der Waals surface area contributed by atoms with E-state index in [1.165, 1.54) is 5.56 Å². The van der Waals surface area contributed by atoms with Crippen LogP contribution in [0.25, 0.3) is 0 Å². The molecule has 1 aliphatic heterocycles. The predicted molar refractivity (Wildman–Crippen MR) is 72.0 cm³/mol. The van der Waals surface area contributed by atoms with E-state index in [0.717, 1.165) is 12.2 Å². The quantitative estimate of drug-likeness (QED) is 0.832. The van der Waals surface area contributed by atoms with Gasteiger partial charge in [0.2, 0.25) is 0 Å². The lowest BCUT2D eigenvalue weighted by Gasteiger charge is -2.26. The molecule has 1 aliphatic rings. The Morgan fingerprint density at radius 1 is 1.33 bits per heavy atom. The monoisotopic (exact) mass is 248 g/mol. The van der Waals surface area contributed by atoms with Crippen LogP contribution in [0.2, 0.25) is 0 Å². The zero-order valence-electron chi connectivity index (χ0n) is 10.9. The van der Waals surface area contributed by atoms with Crippen molar-refractivity contribution in [2.45, 2.75) is 19.9 Å². The molecule has 0 radical (unpaired) electrons. The number of anilines is 1. The lowest BCUT2D eigenvalue weighted by molar-refractivity contribution is -0.141. The van der Waals surface area contributed by atoms with E-state index in [0.29, 0.717) is 19.1 Å². The van der Waals surface area contributed by atoms with E-state index in [1.54, 1.807) is 0 Å². The summed E-state index contributed by atoms with van der Waals surface area (Å²) in [4.78, 5) is 13.3. The minimum Gasteiger partial charge on any atom is -0.481 e. The molecule has 0 saturated carbocycles. The van der Waals surface area contributed by atoms with E-state index in [4.69, 9.17) is 0 Å². The lowest BCUT2D eigenvalue weighted by Crippen LogP contribution is -2.35. The van der Waals surface area contributed by atoms with Crippen molar-refractivity contribution in [2.24, 2.45) is 5.92 Å². The number of aryl methyl sites for hydroxylation is 1. The Morgan fingerprint density at radius 3 is 2.61 bits per heavy atom. The van der Waals surface area contributed by atoms with Gasteiger partial charge in [0, 0.05) is 31.4 Å². The van der Waals surface area contributed by atoms with Gasteiger partial charge in [0.1, 0.15) is 0 Å². The second kappa shape index (κ2) is 5.40. The Hall–Kier alpha value is -1.55. The van der Waals surface area contributed by atoms with Gasteiger partial charge in [-0.1, -0.05) is 17.7 Å². The summed E-state index contributed by atoms with van der Waals surface area (Å²) >= 11 is 0. The molecule has 1 aromatic rings. The average Bonchev–Trinajstić information content (AvgIpc) is 2.52. The van der Waals surface area contributed by atoms with Gasteiger partial charge in [-0.15, -0.1) is 0 Å². The van der Waals surface area contributed by atoms with Crippen LogP contribution in [0, 0.1) is 12.8 Å². The number of hydrogen-bond acceptors (Lipinski definition) is 3. The van der Waals surface area contributed by atoms with Crippen molar-refractivity contribution in [1.82, 2.24) is 5.32 Å². The van der Waals surface area contributed by atoms with Gasteiger partial charge in [-0.3, -0.25) is 4.79 Å². The minimum absolute atomic E-state index is 0.302. The highest BCUT2D eigenvalue weighted by Crippen LogP contribution is 2.19. The average molecular weight is 248 g/mol. The highest BCUT2D eigenvalue weighted by Gasteiger charge is 2.26. The summed E-state index contributed by atoms with van der Waals surface area (Å²) in [6.07, 6.45) is 0. The fourth-order valence-electron chi connectivity index (χ4n) is 2.28. The maximum atomic E-state index is 11.2. The molecule has 0 amide bonds. The lowest BCUT2D eigenvalue weighted by atomic mass is 10.1. The molecular formula is C14H20N2O2. The zero-order chi connectivity index (χ0) is 13.1. The first-order valence-corrected chi connectivity index (χ1v) is 6.34. The number of nitrogens with zero attached hydrogens (tertiary/aromatic N) is 1. The molecule has 2 atom stereocenters. The van der Waals surface area contributed by atoms with Crippen LogP contribution < -0.4 is 10.2 Å². The molecule has 1 aromatic carbocycles. The SMILES string of the molecule is Cc1ccc(N2CC(C)NCC(C(=O)O)C2)cc1. The van der Waals surface area contributed by atoms with Gasteiger partial charge < -0.3 is 15.3 Å². The summed E-state index contributed by atoms with van der Waals surface area (Å²) in [5, 5.41) is 12.5. The van der Waals surface area contributed by atoms with Crippen LogP contribution in [0.5, 0.6) is 0 Å². The van der Waals surface area contributed by atoms with Crippen molar-refractivity contribution in [3.05, 3.63) is 29.8 Å². The second-order valence-electron chi connectivity index (χ2n) is 5.08. The maximum Gasteiger partial charge on any atom is 0.309 e. The van der Waals surface area contributed by atoms with E-state index in [-0.39, 0.29) is 5.92 Å². The van der Waals surface area contributed by atoms with E-state index >= 15 is 0 Å². The van der Waals surface area contributed by atoms with Crippen LogP contribution in [0.15, 0.2) is 24.3 Å². The van der Waals surface area contributed by atoms with Crippen LogP contribution >= 0.6 is 0 Å². The van der Waals surface area contributed by atoms with Crippen molar-refractivity contribution in [2.75, 3.05) is 24.5 Å². The number of carbonyl (C=O) groups is 1. The summed E-state index contributed by atoms with van der Waals surface area (Å²) in [5.74, 6) is -1.08. The fraction of sp³-hybridized carbons (Fsp3) is 0.500. The highest BCUT2D eigenvalue weighted by molar-refractivity contribution is 5.71. The van der Waals surface area contributed by atoms with E-state index in [1.807, 2.05) is 0 Å². The van der Waals surface area contributed by atoms with Crippen LogP contribution in [-0.2, 0) is 4.79 Å². The summed E-state index contributed by atoms with van der Waals surface area (Å²) in [6.45, 7) is 6.09. The minimum atomic E-state index is -0.728. The standard InChI is InChI=1S/C14H20N2O2/c1-10-3-5-13(6-4-10)16-8-11(2)15-7-12(9-16)14(17)18/h3-6,11-12,15H,7-9H2,1-2H3,(H,17,18). The fourth-order valence-corrected chi connectivity index (χ4v) is 2.28. The predicted octanol–water partition coefficient (Wildman–Crippen LogP) is 1.49. The van der Waals surface area contributed by atoms with Crippen LogP contribution in [0.4, 0.5) is 5.69 Å². The Morgan fingerprint density at radius 2 is 2.00 bits per heavy atom. The van der Waals surface area contributed by atoms with E-state index < -0.39 is 5.97 Å². The molecule has 2 unspecified atom stereocenters. The molecule has 0 spiro atoms. The van der Waals surface area contributed by atoms with Crippen LogP contribution in [-0.4, -0.2) is 36.8 Å². The van der Waals surface area contributed by atoms with Crippen LogP contribution in [0.1, 0.15) is 12.5 Å². The molecule has 4 nitrogen and oxygen atoms in total. The summed E-state index contributed by atoms with van der Waals surface area (Å²) in [5.41, 5.74) is 2.32. The smallest absolute Gasteiger partial charge is 0.309 e. The van der Waals surface area contributed by atoms with E-state index in [9.17, 15) is 9.90 Å². The Kier molecular flexibility index (Phi) is 3.87. The second-order valence-corrected chi connectivity index (χ2v) is 5.08. The first-order chi connectivity index (χ1) is 8.56. The Balaban J connectivity index is 2.18. The molecule has 98 valence electrons. The van der Waals surface area contributed by atoms with Gasteiger partial charge in [0.25, 0.3) is 0 Å². The molecule has 0 aromatic heterocycles. The molecule has 2 N–H and O–H groups in total. The number of nitrogens with one attached hydrogen (secondary N) is 1. The van der Waals surface area contributed by atoms with Gasteiger partial charge in [-0.2, -0.15) is 0 Å². The van der Waals surface area contributed by atoms with E-state index in [2.05, 4.69) is 48.3 Å². The van der Waals surface area contributed by atoms with Crippen molar-refractivity contribution in [1.29, 1.82) is 0 Å². The number of benzene rings is 1. The topological polar surface area (TPSA) is 52.6 Å². The third-order valence-electron chi connectivity index (χ3n) is 3.40. The zero-order valence-corrected chi connectivity index (χ0v) is 10.9. The molecule has 18 heavy (non-hydrogen) atoms. The number of carboxylic acids is 1. The molecule has 0 aliphatic carbocycles. The largest absolute Gasteiger partial charge is 0.481 e. The molecule has 1 heterocycles. The maximum absolute atomic E-state index is 11.2. The summed E-state index contributed by atoms with van der Waals surface area (Å²) < 4.78 is 0.